The second kappa shape index (κ2) is 12.1. The number of amides is 3. The number of carbonyl (C=O) groups is 2. The summed E-state index contributed by atoms with van der Waals surface area (Å²) in [5, 5.41) is 5.82. The number of hydroxylamine groups is 1. The Morgan fingerprint density at radius 3 is 2.30 bits per heavy atom. The molecule has 3 rings (SSSR count). The summed E-state index contributed by atoms with van der Waals surface area (Å²) in [6, 6.07) is 20.4. The first-order valence-electron chi connectivity index (χ1n) is 10.3. The zero-order valence-corrected chi connectivity index (χ0v) is 19.4. The number of anilines is 1. The second-order valence-corrected chi connectivity index (χ2v) is 7.85. The number of allylic oxidation sites excluding steroid dienone is 1. The number of rotatable bonds is 8. The molecule has 3 N–H and O–H groups in total. The van der Waals surface area contributed by atoms with Crippen molar-refractivity contribution in [3.63, 3.8) is 0 Å². The van der Waals surface area contributed by atoms with Gasteiger partial charge in [-0.15, -0.1) is 0 Å². The zero-order valence-electron chi connectivity index (χ0n) is 17.9. The van der Waals surface area contributed by atoms with Gasteiger partial charge in [0.15, 0.2) is 0 Å². The molecule has 0 fully saturated rings. The highest BCUT2D eigenvalue weighted by atomic mass is 35.5. The lowest BCUT2D eigenvalue weighted by Gasteiger charge is -2.12. The molecule has 3 aromatic carbocycles. The van der Waals surface area contributed by atoms with Crippen LogP contribution in [0.1, 0.15) is 34.8 Å². The van der Waals surface area contributed by atoms with E-state index in [0.29, 0.717) is 17.3 Å². The molecule has 0 radical (unpaired) electrons. The number of hydrogen-bond acceptors (Lipinski definition) is 4. The van der Waals surface area contributed by atoms with Crippen LogP contribution < -0.4 is 16.1 Å². The number of carbonyl (C=O) groups excluding carboxylic acids is 2. The first-order valence-corrected chi connectivity index (χ1v) is 11.0. The molecular weight excluding hydrogens is 461 g/mol. The fourth-order valence-corrected chi connectivity index (χ4v) is 3.26. The summed E-state index contributed by atoms with van der Waals surface area (Å²) in [7, 11) is 0. The van der Waals surface area contributed by atoms with Gasteiger partial charge in [-0.3, -0.25) is 20.4 Å². The Morgan fingerprint density at radius 2 is 1.64 bits per heavy atom. The molecule has 0 bridgehead atoms. The maximum atomic E-state index is 12.2. The van der Waals surface area contributed by atoms with Crippen LogP contribution in [0.5, 0.6) is 0 Å². The molecule has 3 aromatic rings. The van der Waals surface area contributed by atoms with Crippen LogP contribution in [0, 0.1) is 0 Å². The largest absolute Gasteiger partial charge is 0.326 e. The van der Waals surface area contributed by atoms with Gasteiger partial charge in [0, 0.05) is 10.7 Å². The van der Waals surface area contributed by atoms with E-state index in [1.165, 1.54) is 0 Å². The third-order valence-corrected chi connectivity index (χ3v) is 5.12. The quantitative estimate of drug-likeness (QED) is 0.322. The molecule has 0 aliphatic carbocycles. The Labute approximate surface area is 202 Å². The Kier molecular flexibility index (Phi) is 8.89. The van der Waals surface area contributed by atoms with Crippen LogP contribution in [0.25, 0.3) is 5.70 Å². The number of imide groups is 1. The van der Waals surface area contributed by atoms with Gasteiger partial charge in [0.25, 0.3) is 5.91 Å². The lowest BCUT2D eigenvalue weighted by molar-refractivity contribution is 0.0645. The Hall–Kier alpha value is -3.32. The first kappa shape index (κ1) is 24.3. The molecule has 8 heteroatoms. The van der Waals surface area contributed by atoms with E-state index < -0.39 is 11.9 Å². The van der Waals surface area contributed by atoms with Crippen molar-refractivity contribution in [2.75, 3.05) is 5.32 Å². The van der Waals surface area contributed by atoms with Crippen molar-refractivity contribution in [1.29, 1.82) is 0 Å². The molecule has 0 heterocycles. The number of halogens is 2. The predicted octanol–water partition coefficient (Wildman–Crippen LogP) is 6.43. The van der Waals surface area contributed by atoms with Crippen LogP contribution >= 0.6 is 23.2 Å². The highest BCUT2D eigenvalue weighted by molar-refractivity contribution is 6.34. The van der Waals surface area contributed by atoms with Gasteiger partial charge in [0.05, 0.1) is 22.9 Å². The minimum Gasteiger partial charge on any atom is -0.308 e. The van der Waals surface area contributed by atoms with Gasteiger partial charge < -0.3 is 5.32 Å². The monoisotopic (exact) mass is 483 g/mol. The topological polar surface area (TPSA) is 79.5 Å². The average Bonchev–Trinajstić information content (AvgIpc) is 2.80. The summed E-state index contributed by atoms with van der Waals surface area (Å²) in [4.78, 5) is 29.9. The molecule has 0 unspecified atom stereocenters. The standard InChI is InChI=1S/C25H23Cl2N3O3/c1-2-5-23(18-10-12-19(26)13-11-18)30-33-16-17-8-14-20(15-9-17)28-25(32)29-24(31)21-6-3-4-7-22(21)27/h3-15,30H,2,16H2,1H3,(H2,28,29,31,32). The Balaban J connectivity index is 1.50. The fourth-order valence-electron chi connectivity index (χ4n) is 2.91. The van der Waals surface area contributed by atoms with Crippen molar-refractivity contribution < 1.29 is 14.4 Å². The SMILES string of the molecule is CCC=C(NOCc1ccc(NC(=O)NC(=O)c2ccccc2Cl)cc1)c1ccc(Cl)cc1. The van der Waals surface area contributed by atoms with Gasteiger partial charge >= 0.3 is 6.03 Å². The fraction of sp³-hybridized carbons (Fsp3) is 0.120. The van der Waals surface area contributed by atoms with E-state index in [2.05, 4.69) is 16.1 Å². The van der Waals surface area contributed by atoms with Gasteiger partial charge in [-0.25, -0.2) is 4.79 Å². The van der Waals surface area contributed by atoms with Crippen LogP contribution in [0.15, 0.2) is 78.9 Å². The van der Waals surface area contributed by atoms with Crippen molar-refractivity contribution in [2.24, 2.45) is 0 Å². The van der Waals surface area contributed by atoms with Crippen LogP contribution in [0.4, 0.5) is 10.5 Å². The van der Waals surface area contributed by atoms with E-state index >= 15 is 0 Å². The zero-order chi connectivity index (χ0) is 23.6. The third kappa shape index (κ3) is 7.36. The van der Waals surface area contributed by atoms with E-state index in [1.54, 1.807) is 36.4 Å². The molecule has 0 aromatic heterocycles. The van der Waals surface area contributed by atoms with Crippen LogP contribution in [-0.2, 0) is 11.4 Å². The van der Waals surface area contributed by atoms with Crippen molar-refractivity contribution >= 4 is 46.5 Å². The normalized spacial score (nSPS) is 11.1. The van der Waals surface area contributed by atoms with Crippen molar-refractivity contribution in [1.82, 2.24) is 10.8 Å². The second-order valence-electron chi connectivity index (χ2n) is 7.01. The molecule has 3 amide bonds. The van der Waals surface area contributed by atoms with Gasteiger partial charge in [-0.2, -0.15) is 0 Å². The average molecular weight is 484 g/mol. The predicted molar refractivity (Wildman–Crippen MR) is 132 cm³/mol. The van der Waals surface area contributed by atoms with E-state index in [0.717, 1.165) is 23.2 Å². The van der Waals surface area contributed by atoms with Gasteiger partial charge in [-0.1, -0.05) is 72.6 Å². The maximum absolute atomic E-state index is 12.2. The van der Waals surface area contributed by atoms with E-state index in [1.807, 2.05) is 49.4 Å². The molecule has 0 saturated heterocycles. The number of benzene rings is 3. The summed E-state index contributed by atoms with van der Waals surface area (Å²) >= 11 is 11.9. The molecule has 33 heavy (non-hydrogen) atoms. The molecule has 0 aliphatic heterocycles. The molecule has 170 valence electrons. The Morgan fingerprint density at radius 1 is 0.939 bits per heavy atom. The van der Waals surface area contributed by atoms with Crippen LogP contribution in [0.3, 0.4) is 0 Å². The highest BCUT2D eigenvalue weighted by Crippen LogP contribution is 2.17. The van der Waals surface area contributed by atoms with Crippen LogP contribution in [-0.4, -0.2) is 11.9 Å². The summed E-state index contributed by atoms with van der Waals surface area (Å²) < 4.78 is 0. The third-order valence-electron chi connectivity index (χ3n) is 4.54. The van der Waals surface area contributed by atoms with Gasteiger partial charge in [-0.05, 0) is 53.9 Å². The van der Waals surface area contributed by atoms with Gasteiger partial charge in [0.1, 0.15) is 0 Å². The molecule has 6 nitrogen and oxygen atoms in total. The van der Waals surface area contributed by atoms with E-state index in [-0.39, 0.29) is 10.6 Å². The highest BCUT2D eigenvalue weighted by Gasteiger charge is 2.13. The van der Waals surface area contributed by atoms with Gasteiger partial charge in [0.2, 0.25) is 0 Å². The minimum absolute atomic E-state index is 0.226. The Bertz CT molecular complexity index is 1130. The van der Waals surface area contributed by atoms with E-state index in [4.69, 9.17) is 28.0 Å². The lowest BCUT2D eigenvalue weighted by atomic mass is 10.1. The maximum Gasteiger partial charge on any atom is 0.326 e. The molecule has 0 atom stereocenters. The molecular formula is C25H23Cl2N3O3. The molecule has 0 spiro atoms. The summed E-state index contributed by atoms with van der Waals surface area (Å²) in [5.41, 5.74) is 6.46. The summed E-state index contributed by atoms with van der Waals surface area (Å²) in [5.74, 6) is -0.578. The van der Waals surface area contributed by atoms with Crippen molar-refractivity contribution in [3.05, 3.63) is 106 Å². The van der Waals surface area contributed by atoms with Crippen molar-refractivity contribution in [2.45, 2.75) is 20.0 Å². The minimum atomic E-state index is -0.650. The molecule has 0 saturated carbocycles. The van der Waals surface area contributed by atoms with Crippen LogP contribution in [0.2, 0.25) is 10.0 Å². The van der Waals surface area contributed by atoms with E-state index in [9.17, 15) is 9.59 Å². The summed E-state index contributed by atoms with van der Waals surface area (Å²) in [6.07, 6.45) is 2.87. The summed E-state index contributed by atoms with van der Waals surface area (Å²) in [6.45, 7) is 2.35. The number of hydrogen-bond donors (Lipinski definition) is 3. The smallest absolute Gasteiger partial charge is 0.308 e. The number of nitrogens with one attached hydrogen (secondary N) is 3. The van der Waals surface area contributed by atoms with Crippen molar-refractivity contribution in [3.8, 4) is 0 Å². The first-order chi connectivity index (χ1) is 16.0. The lowest BCUT2D eigenvalue weighted by Crippen LogP contribution is -2.34. The number of urea groups is 1. The molecule has 0 aliphatic rings.